The molecule has 0 saturated carbocycles. The van der Waals surface area contributed by atoms with Crippen LogP contribution in [0.1, 0.15) is 27.2 Å². The molecule has 100 valence electrons. The van der Waals surface area contributed by atoms with Crippen molar-refractivity contribution in [2.75, 3.05) is 19.7 Å². The molecule has 0 bridgehead atoms. The number of alkyl halides is 3. The highest BCUT2D eigenvalue weighted by atomic mass is 19.4. The lowest BCUT2D eigenvalue weighted by atomic mass is 10.1. The maximum Gasteiger partial charge on any atom is 0.422 e. The van der Waals surface area contributed by atoms with E-state index in [1.54, 1.807) is 6.08 Å². The van der Waals surface area contributed by atoms with Crippen LogP contribution in [0.2, 0.25) is 0 Å². The summed E-state index contributed by atoms with van der Waals surface area (Å²) in [5.74, 6) is 0. The van der Waals surface area contributed by atoms with Crippen LogP contribution < -0.4 is 0 Å². The molecule has 0 radical (unpaired) electrons. The average Bonchev–Trinajstić information content (AvgIpc) is 2.29. The highest BCUT2D eigenvalue weighted by Crippen LogP contribution is 2.16. The fraction of sp³-hybridized carbons (Fsp3) is 0.727. The summed E-state index contributed by atoms with van der Waals surface area (Å²) in [7, 11) is 0. The molecule has 1 aliphatic heterocycles. The Hall–Kier alpha value is -1.20. The first kappa shape index (κ1) is 15.8. The van der Waals surface area contributed by atoms with Crippen molar-refractivity contribution in [2.45, 2.75) is 33.4 Å². The van der Waals surface area contributed by atoms with Crippen LogP contribution in [-0.2, 0) is 4.74 Å². The SMILES string of the molecule is CC.CC1=CCN(C(=O)OCC(F)(F)F)CC1. The second-order valence-corrected chi connectivity index (χ2v) is 3.42. The van der Waals surface area contributed by atoms with Gasteiger partial charge in [0, 0.05) is 13.1 Å². The number of hydrogen-bond acceptors (Lipinski definition) is 2. The molecule has 0 saturated heterocycles. The van der Waals surface area contributed by atoms with Crippen molar-refractivity contribution in [3.05, 3.63) is 11.6 Å². The Morgan fingerprint density at radius 1 is 1.47 bits per heavy atom. The van der Waals surface area contributed by atoms with Crippen molar-refractivity contribution in [3.63, 3.8) is 0 Å². The van der Waals surface area contributed by atoms with Crippen molar-refractivity contribution < 1.29 is 22.7 Å². The number of halogens is 3. The van der Waals surface area contributed by atoms with Gasteiger partial charge in [0.1, 0.15) is 0 Å². The van der Waals surface area contributed by atoms with Gasteiger partial charge in [0.2, 0.25) is 0 Å². The van der Waals surface area contributed by atoms with Gasteiger partial charge in [-0.3, -0.25) is 0 Å². The van der Waals surface area contributed by atoms with Gasteiger partial charge in [0.25, 0.3) is 0 Å². The monoisotopic (exact) mass is 253 g/mol. The number of nitrogens with zero attached hydrogens (tertiary/aromatic N) is 1. The number of carbonyl (C=O) groups excluding carboxylic acids is 1. The van der Waals surface area contributed by atoms with E-state index in [2.05, 4.69) is 4.74 Å². The zero-order valence-electron chi connectivity index (χ0n) is 10.3. The van der Waals surface area contributed by atoms with Gasteiger partial charge in [0.15, 0.2) is 6.61 Å². The van der Waals surface area contributed by atoms with E-state index in [9.17, 15) is 18.0 Å². The molecule has 17 heavy (non-hydrogen) atoms. The molecule has 6 heteroatoms. The van der Waals surface area contributed by atoms with Crippen LogP contribution in [0.25, 0.3) is 0 Å². The molecular formula is C11H18F3NO2. The maximum atomic E-state index is 11.7. The Kier molecular flexibility index (Phi) is 6.68. The van der Waals surface area contributed by atoms with E-state index in [1.165, 1.54) is 4.90 Å². The molecule has 0 N–H and O–H groups in total. The van der Waals surface area contributed by atoms with E-state index < -0.39 is 18.9 Å². The van der Waals surface area contributed by atoms with Crippen LogP contribution in [0.4, 0.5) is 18.0 Å². The third-order valence-electron chi connectivity index (χ3n) is 2.05. The lowest BCUT2D eigenvalue weighted by Crippen LogP contribution is -2.36. The summed E-state index contributed by atoms with van der Waals surface area (Å²) in [6, 6.07) is 0. The second-order valence-electron chi connectivity index (χ2n) is 3.42. The Labute approximate surface area is 99.2 Å². The normalized spacial score (nSPS) is 15.6. The molecule has 3 nitrogen and oxygen atoms in total. The van der Waals surface area contributed by atoms with Gasteiger partial charge < -0.3 is 9.64 Å². The first-order valence-electron chi connectivity index (χ1n) is 5.52. The van der Waals surface area contributed by atoms with Gasteiger partial charge in [0.05, 0.1) is 0 Å². The van der Waals surface area contributed by atoms with Crippen LogP contribution in [0, 0.1) is 0 Å². The molecule has 1 rings (SSSR count). The van der Waals surface area contributed by atoms with Crippen molar-refractivity contribution in [3.8, 4) is 0 Å². The lowest BCUT2D eigenvalue weighted by Gasteiger charge is -2.24. The number of hydrogen-bond donors (Lipinski definition) is 0. The molecule has 0 unspecified atom stereocenters. The van der Waals surface area contributed by atoms with Gasteiger partial charge in [-0.05, 0) is 13.3 Å². The summed E-state index contributed by atoms with van der Waals surface area (Å²) >= 11 is 0. The molecule has 0 aliphatic carbocycles. The van der Waals surface area contributed by atoms with Crippen molar-refractivity contribution >= 4 is 6.09 Å². The minimum absolute atomic E-state index is 0.322. The third kappa shape index (κ3) is 6.86. The van der Waals surface area contributed by atoms with Crippen LogP contribution in [0.15, 0.2) is 11.6 Å². The van der Waals surface area contributed by atoms with Gasteiger partial charge in [-0.15, -0.1) is 0 Å². The Balaban J connectivity index is 0.00000121. The van der Waals surface area contributed by atoms with Crippen molar-refractivity contribution in [1.82, 2.24) is 4.90 Å². The Bertz CT molecular complexity index is 274. The molecule has 1 amide bonds. The quantitative estimate of drug-likeness (QED) is 0.670. The second kappa shape index (κ2) is 7.19. The van der Waals surface area contributed by atoms with Gasteiger partial charge in [-0.25, -0.2) is 4.79 Å². The zero-order valence-corrected chi connectivity index (χ0v) is 10.3. The molecule has 0 aromatic rings. The topological polar surface area (TPSA) is 29.5 Å². The molecule has 1 aliphatic rings. The highest BCUT2D eigenvalue weighted by Gasteiger charge is 2.30. The average molecular weight is 253 g/mol. The van der Waals surface area contributed by atoms with E-state index in [-0.39, 0.29) is 0 Å². The van der Waals surface area contributed by atoms with E-state index in [4.69, 9.17) is 0 Å². The smallest absolute Gasteiger partial charge is 0.422 e. The van der Waals surface area contributed by atoms with E-state index in [1.807, 2.05) is 20.8 Å². The molecule has 1 heterocycles. The molecule has 0 aromatic carbocycles. The number of amides is 1. The number of carbonyl (C=O) groups is 1. The lowest BCUT2D eigenvalue weighted by molar-refractivity contribution is -0.162. The van der Waals surface area contributed by atoms with E-state index in [0.29, 0.717) is 19.5 Å². The first-order chi connectivity index (χ1) is 7.88. The zero-order chi connectivity index (χ0) is 13.5. The largest absolute Gasteiger partial charge is 0.440 e. The van der Waals surface area contributed by atoms with Gasteiger partial charge >= 0.3 is 12.3 Å². The van der Waals surface area contributed by atoms with Crippen LogP contribution in [0.3, 0.4) is 0 Å². The fourth-order valence-electron chi connectivity index (χ4n) is 1.17. The third-order valence-corrected chi connectivity index (χ3v) is 2.05. The molecule has 0 atom stereocenters. The minimum Gasteiger partial charge on any atom is -0.440 e. The van der Waals surface area contributed by atoms with E-state index >= 15 is 0 Å². The van der Waals surface area contributed by atoms with Crippen LogP contribution >= 0.6 is 0 Å². The summed E-state index contributed by atoms with van der Waals surface area (Å²) in [5, 5.41) is 0. The summed E-state index contributed by atoms with van der Waals surface area (Å²) in [6.07, 6.45) is -2.88. The van der Waals surface area contributed by atoms with E-state index in [0.717, 1.165) is 5.57 Å². The number of ether oxygens (including phenoxy) is 1. The van der Waals surface area contributed by atoms with Crippen molar-refractivity contribution in [1.29, 1.82) is 0 Å². The molecule has 0 fully saturated rings. The summed E-state index contributed by atoms with van der Waals surface area (Å²) in [6.45, 7) is 5.13. The van der Waals surface area contributed by atoms with Crippen molar-refractivity contribution in [2.24, 2.45) is 0 Å². The van der Waals surface area contributed by atoms with Crippen LogP contribution in [0.5, 0.6) is 0 Å². The molecule has 0 aromatic heterocycles. The standard InChI is InChI=1S/C9H12F3NO2.C2H6/c1-7-2-4-13(5-3-7)8(14)15-6-9(10,11)12;1-2/h2H,3-6H2,1H3;1-2H3. The fourth-order valence-corrected chi connectivity index (χ4v) is 1.17. The Morgan fingerprint density at radius 2 is 2.06 bits per heavy atom. The minimum atomic E-state index is -4.46. The predicted octanol–water partition coefficient (Wildman–Crippen LogP) is 3.36. The molecular weight excluding hydrogens is 235 g/mol. The summed E-state index contributed by atoms with van der Waals surface area (Å²) < 4.78 is 39.3. The number of rotatable bonds is 1. The van der Waals surface area contributed by atoms with Crippen LogP contribution in [-0.4, -0.2) is 36.9 Å². The van der Waals surface area contributed by atoms with Gasteiger partial charge in [-0.2, -0.15) is 13.2 Å². The summed E-state index contributed by atoms with van der Waals surface area (Å²) in [5.41, 5.74) is 1.13. The first-order valence-corrected chi connectivity index (χ1v) is 5.52. The predicted molar refractivity (Wildman–Crippen MR) is 58.7 cm³/mol. The summed E-state index contributed by atoms with van der Waals surface area (Å²) in [4.78, 5) is 12.4. The van der Waals surface area contributed by atoms with Gasteiger partial charge in [-0.1, -0.05) is 25.5 Å². The Morgan fingerprint density at radius 3 is 2.47 bits per heavy atom. The molecule has 0 spiro atoms. The highest BCUT2D eigenvalue weighted by molar-refractivity contribution is 5.68. The maximum absolute atomic E-state index is 11.7.